The number of carbonyl (C=O) groups is 1. The fourth-order valence-electron chi connectivity index (χ4n) is 7.99. The third-order valence-electron chi connectivity index (χ3n) is 9.58. The van der Waals surface area contributed by atoms with Gasteiger partial charge in [-0.15, -0.1) is 0 Å². The first-order valence-electron chi connectivity index (χ1n) is 15.2. The number of pyridine rings is 1. The summed E-state index contributed by atoms with van der Waals surface area (Å²) in [5.74, 6) is 2.67. The quantitative estimate of drug-likeness (QED) is 0.371. The highest BCUT2D eigenvalue weighted by Crippen LogP contribution is 2.55. The fourth-order valence-corrected chi connectivity index (χ4v) is 7.99. The molecule has 0 saturated heterocycles. The van der Waals surface area contributed by atoms with E-state index < -0.39 is 5.60 Å². The predicted molar refractivity (Wildman–Crippen MR) is 162 cm³/mol. The van der Waals surface area contributed by atoms with E-state index in [1.165, 1.54) is 0 Å². The van der Waals surface area contributed by atoms with E-state index in [4.69, 9.17) is 4.74 Å². The van der Waals surface area contributed by atoms with Gasteiger partial charge in [0.05, 0.1) is 35.5 Å². The minimum absolute atomic E-state index is 0.0104. The molecule has 4 saturated carbocycles. The van der Waals surface area contributed by atoms with E-state index in [1.807, 2.05) is 35.2 Å². The number of aliphatic hydroxyl groups is 1. The number of nitrogens with one attached hydrogen (secondary N) is 1. The maximum Gasteiger partial charge on any atom is 0.322 e. The number of rotatable bonds is 6. The number of benzene rings is 2. The number of amides is 2. The van der Waals surface area contributed by atoms with Crippen molar-refractivity contribution in [2.24, 2.45) is 23.7 Å². The van der Waals surface area contributed by atoms with Gasteiger partial charge < -0.3 is 20.1 Å². The molecule has 41 heavy (non-hydrogen) atoms. The molecule has 0 spiro atoms. The zero-order valence-corrected chi connectivity index (χ0v) is 24.0. The molecule has 3 unspecified atom stereocenters. The largest absolute Gasteiger partial charge is 0.492 e. The highest BCUT2D eigenvalue weighted by atomic mass is 16.5. The van der Waals surface area contributed by atoms with Gasteiger partial charge in [-0.25, -0.2) is 4.79 Å². The van der Waals surface area contributed by atoms with Crippen LogP contribution in [0.1, 0.15) is 46.0 Å². The zero-order valence-electron chi connectivity index (χ0n) is 24.0. The SMILES string of the molecule is CC(C)COc1ccc(-c2ccc(N3CCN(C(=O)NC4[C@@H]5CC6C[C@H]4CC(O)(C6)C5)c4ccccc43)cc2)nc1. The van der Waals surface area contributed by atoms with E-state index in [9.17, 15) is 9.90 Å². The van der Waals surface area contributed by atoms with Crippen LogP contribution in [-0.2, 0) is 0 Å². The van der Waals surface area contributed by atoms with Gasteiger partial charge >= 0.3 is 6.03 Å². The van der Waals surface area contributed by atoms with Crippen molar-refractivity contribution < 1.29 is 14.6 Å². The molecule has 2 heterocycles. The molecule has 4 bridgehead atoms. The van der Waals surface area contributed by atoms with Gasteiger partial charge in [-0.05, 0) is 92.2 Å². The molecule has 7 nitrogen and oxygen atoms in total. The molecular formula is C34H40N4O3. The van der Waals surface area contributed by atoms with Crippen molar-refractivity contribution in [3.63, 3.8) is 0 Å². The van der Waals surface area contributed by atoms with Gasteiger partial charge in [0.25, 0.3) is 0 Å². The number of urea groups is 1. The molecule has 1 aromatic heterocycles. The first-order chi connectivity index (χ1) is 19.8. The Hall–Kier alpha value is -3.58. The summed E-state index contributed by atoms with van der Waals surface area (Å²) in [4.78, 5) is 22.5. The standard InChI is InChI=1S/C34H40N4O3/c1-22(2)21-41-28-11-12-29(35-20-28)24-7-9-27(10-8-24)37-13-14-38(31-6-4-3-5-30(31)37)33(39)36-32-25-15-23-16-26(32)19-34(40,17-23)18-25/h3-12,20,22-23,25-26,32,40H,13-19,21H2,1-2H3,(H,36,39)/t23?,25-,26+,32?,34?. The number of nitrogens with zero attached hydrogens (tertiary/aromatic N) is 3. The van der Waals surface area contributed by atoms with E-state index in [2.05, 4.69) is 59.4 Å². The lowest BCUT2D eigenvalue weighted by molar-refractivity contribution is -0.136. The molecule has 5 aliphatic rings. The first-order valence-corrected chi connectivity index (χ1v) is 15.2. The lowest BCUT2D eigenvalue weighted by atomic mass is 9.52. The van der Waals surface area contributed by atoms with Crippen LogP contribution in [0.25, 0.3) is 11.3 Å². The van der Waals surface area contributed by atoms with Gasteiger partial charge in [0.2, 0.25) is 0 Å². The van der Waals surface area contributed by atoms with E-state index in [1.54, 1.807) is 6.20 Å². The zero-order chi connectivity index (χ0) is 28.1. The Morgan fingerprint density at radius 2 is 1.73 bits per heavy atom. The molecule has 7 heteroatoms. The van der Waals surface area contributed by atoms with Crippen LogP contribution in [0.15, 0.2) is 66.9 Å². The highest BCUT2D eigenvalue weighted by Gasteiger charge is 2.55. The summed E-state index contributed by atoms with van der Waals surface area (Å²) >= 11 is 0. The second kappa shape index (κ2) is 10.4. The van der Waals surface area contributed by atoms with E-state index in [-0.39, 0.29) is 12.1 Å². The van der Waals surface area contributed by atoms with Crippen molar-refractivity contribution in [2.75, 3.05) is 29.5 Å². The molecule has 1 aliphatic heterocycles. The minimum Gasteiger partial charge on any atom is -0.492 e. The summed E-state index contributed by atoms with van der Waals surface area (Å²) in [6.07, 6.45) is 6.67. The van der Waals surface area contributed by atoms with Gasteiger partial charge in [0.1, 0.15) is 5.75 Å². The van der Waals surface area contributed by atoms with Crippen molar-refractivity contribution in [3.05, 3.63) is 66.9 Å². The maximum atomic E-state index is 13.7. The van der Waals surface area contributed by atoms with Gasteiger partial charge in [-0.1, -0.05) is 38.1 Å². The van der Waals surface area contributed by atoms with Crippen LogP contribution in [0.5, 0.6) is 5.75 Å². The van der Waals surface area contributed by atoms with Crippen LogP contribution < -0.4 is 19.9 Å². The lowest BCUT2D eigenvalue weighted by Gasteiger charge is -2.58. The van der Waals surface area contributed by atoms with Crippen LogP contribution in [0.4, 0.5) is 21.9 Å². The first kappa shape index (κ1) is 26.3. The number of para-hydroxylation sites is 2. The molecular weight excluding hydrogens is 512 g/mol. The monoisotopic (exact) mass is 552 g/mol. The highest BCUT2D eigenvalue weighted by molar-refractivity contribution is 5.98. The Labute approximate surface area is 242 Å². The van der Waals surface area contributed by atoms with Crippen LogP contribution in [-0.4, -0.2) is 47.5 Å². The third kappa shape index (κ3) is 5.05. The van der Waals surface area contributed by atoms with E-state index in [0.717, 1.165) is 66.2 Å². The number of ether oxygens (including phenoxy) is 1. The van der Waals surface area contributed by atoms with E-state index in [0.29, 0.717) is 43.4 Å². The number of hydrogen-bond donors (Lipinski definition) is 2. The number of carbonyl (C=O) groups excluding carboxylic acids is 1. The Kier molecular flexibility index (Phi) is 6.65. The molecule has 4 aliphatic carbocycles. The normalized spacial score (nSPS) is 28.1. The molecule has 8 rings (SSSR count). The topological polar surface area (TPSA) is 77.9 Å². The van der Waals surface area contributed by atoms with Crippen molar-refractivity contribution in [2.45, 2.75) is 57.6 Å². The number of fused-ring (bicyclic) bond motifs is 1. The van der Waals surface area contributed by atoms with Gasteiger partial charge in [-0.3, -0.25) is 9.88 Å². The van der Waals surface area contributed by atoms with Crippen LogP contribution in [0, 0.1) is 23.7 Å². The number of anilines is 3. The van der Waals surface area contributed by atoms with Crippen LogP contribution in [0.3, 0.4) is 0 Å². The molecule has 2 amide bonds. The maximum absolute atomic E-state index is 13.7. The van der Waals surface area contributed by atoms with Crippen molar-refractivity contribution in [1.82, 2.24) is 10.3 Å². The molecule has 4 fully saturated rings. The summed E-state index contributed by atoms with van der Waals surface area (Å²) in [5, 5.41) is 14.4. The lowest BCUT2D eigenvalue weighted by Crippen LogP contribution is -2.63. The minimum atomic E-state index is -0.493. The summed E-state index contributed by atoms with van der Waals surface area (Å²) in [6.45, 7) is 6.26. The Morgan fingerprint density at radius 1 is 1.00 bits per heavy atom. The van der Waals surface area contributed by atoms with Crippen molar-refractivity contribution in [1.29, 1.82) is 0 Å². The van der Waals surface area contributed by atoms with Crippen LogP contribution in [0.2, 0.25) is 0 Å². The summed E-state index contributed by atoms with van der Waals surface area (Å²) in [5.41, 5.74) is 4.52. The summed E-state index contributed by atoms with van der Waals surface area (Å²) in [6, 6.07) is 20.8. The van der Waals surface area contributed by atoms with Crippen LogP contribution >= 0.6 is 0 Å². The summed E-state index contributed by atoms with van der Waals surface area (Å²) in [7, 11) is 0. The average Bonchev–Trinajstić information content (AvgIpc) is 2.97. The third-order valence-corrected chi connectivity index (χ3v) is 9.58. The number of hydrogen-bond acceptors (Lipinski definition) is 5. The molecule has 2 aromatic carbocycles. The van der Waals surface area contributed by atoms with Gasteiger partial charge in [0, 0.05) is 30.4 Å². The average molecular weight is 553 g/mol. The van der Waals surface area contributed by atoms with E-state index >= 15 is 0 Å². The van der Waals surface area contributed by atoms with Crippen molar-refractivity contribution >= 4 is 23.1 Å². The smallest absolute Gasteiger partial charge is 0.322 e. The number of aromatic nitrogens is 1. The molecule has 5 atom stereocenters. The van der Waals surface area contributed by atoms with Gasteiger partial charge in [0.15, 0.2) is 0 Å². The summed E-state index contributed by atoms with van der Waals surface area (Å²) < 4.78 is 5.78. The fraction of sp³-hybridized carbons (Fsp3) is 0.471. The second-order valence-corrected chi connectivity index (χ2v) is 13.1. The molecule has 0 radical (unpaired) electrons. The Bertz CT molecular complexity index is 1390. The van der Waals surface area contributed by atoms with Gasteiger partial charge in [-0.2, -0.15) is 0 Å². The predicted octanol–water partition coefficient (Wildman–Crippen LogP) is 6.39. The molecule has 214 valence electrons. The second-order valence-electron chi connectivity index (χ2n) is 13.1. The molecule has 2 N–H and O–H groups in total. The van der Waals surface area contributed by atoms with Crippen molar-refractivity contribution in [3.8, 4) is 17.0 Å². The Balaban J connectivity index is 1.05. The molecule has 3 aromatic rings. The Morgan fingerprint density at radius 3 is 2.39 bits per heavy atom.